The van der Waals surface area contributed by atoms with Gasteiger partial charge in [0.2, 0.25) is 0 Å². The maximum absolute atomic E-state index is 13.0. The third-order valence-electron chi connectivity index (χ3n) is 3.61. The Morgan fingerprint density at radius 2 is 2.12 bits per heavy atom. The van der Waals surface area contributed by atoms with E-state index >= 15 is 0 Å². The number of aliphatic hydroxyl groups is 1. The van der Waals surface area contributed by atoms with Crippen LogP contribution in [0.25, 0.3) is 22.8 Å². The number of benzene rings is 1. The predicted molar refractivity (Wildman–Crippen MR) is 85.8 cm³/mol. The van der Waals surface area contributed by atoms with Gasteiger partial charge in [0.05, 0.1) is 28.5 Å². The molecule has 0 saturated heterocycles. The summed E-state index contributed by atoms with van der Waals surface area (Å²) in [7, 11) is 0. The van der Waals surface area contributed by atoms with Crippen LogP contribution >= 0.6 is 0 Å². The Hall–Kier alpha value is -2.61. The van der Waals surface area contributed by atoms with Crippen LogP contribution in [0.15, 0.2) is 31.0 Å². The maximum Gasteiger partial charge on any atom is 0.416 e. The molecule has 0 spiro atoms. The predicted octanol–water partition coefficient (Wildman–Crippen LogP) is 3.34. The molecule has 3 aromatic rings. The number of aliphatic hydroxyl groups excluding tert-OH is 1. The monoisotopic (exact) mass is 336 g/mol. The van der Waals surface area contributed by atoms with Gasteiger partial charge in [-0.05, 0) is 30.7 Å². The van der Waals surface area contributed by atoms with E-state index in [1.807, 2.05) is 0 Å². The number of fused-ring (bicyclic) bond motifs is 3. The van der Waals surface area contributed by atoms with Crippen molar-refractivity contribution < 1.29 is 18.3 Å². The molecule has 126 valence electrons. The van der Waals surface area contributed by atoms with Gasteiger partial charge in [-0.2, -0.15) is 13.2 Å². The zero-order chi connectivity index (χ0) is 17.3. The molecule has 0 saturated carbocycles. The molecule has 0 radical (unpaired) electrons. The molecule has 2 aromatic heterocycles. The number of aromatic nitrogens is 3. The van der Waals surface area contributed by atoms with Crippen molar-refractivity contribution >= 4 is 28.6 Å². The molecule has 2 N–H and O–H groups in total. The van der Waals surface area contributed by atoms with Crippen molar-refractivity contribution in [2.45, 2.75) is 12.6 Å². The summed E-state index contributed by atoms with van der Waals surface area (Å²) in [5.74, 6) is 0.364. The van der Waals surface area contributed by atoms with Gasteiger partial charge in [-0.3, -0.25) is 4.40 Å². The first-order valence-electron chi connectivity index (χ1n) is 7.31. The van der Waals surface area contributed by atoms with E-state index in [1.54, 1.807) is 16.7 Å². The van der Waals surface area contributed by atoms with Crippen LogP contribution in [-0.2, 0) is 6.18 Å². The normalized spacial score (nSPS) is 12.0. The van der Waals surface area contributed by atoms with Gasteiger partial charge in [-0.15, -0.1) is 0 Å². The molecule has 0 atom stereocenters. The van der Waals surface area contributed by atoms with Crippen LogP contribution < -0.4 is 5.32 Å². The number of nitrogens with zero attached hydrogens (tertiary/aromatic N) is 3. The van der Waals surface area contributed by atoms with Crippen molar-refractivity contribution in [3.8, 4) is 0 Å². The molecule has 0 aliphatic rings. The molecular formula is C16H15F3N4O. The molecular weight excluding hydrogens is 321 g/mol. The third kappa shape index (κ3) is 2.80. The summed E-state index contributed by atoms with van der Waals surface area (Å²) >= 11 is 0. The molecule has 1 aromatic carbocycles. The van der Waals surface area contributed by atoms with E-state index in [0.717, 1.165) is 12.1 Å². The standard InChI is InChI=1S/C16H15F3N4O/c1-2-11-9-21-15-14(20-6-3-7-24)22-12-8-10(16(17,18)19)4-5-13(12)23(11)15/h2,4-5,8-9,24H,1,3,6-7H2,(H,20,22). The van der Waals surface area contributed by atoms with E-state index in [2.05, 4.69) is 21.9 Å². The zero-order valence-electron chi connectivity index (χ0n) is 12.6. The van der Waals surface area contributed by atoms with E-state index < -0.39 is 11.7 Å². The number of hydrogen-bond donors (Lipinski definition) is 2. The third-order valence-corrected chi connectivity index (χ3v) is 3.61. The zero-order valence-corrected chi connectivity index (χ0v) is 12.6. The van der Waals surface area contributed by atoms with Crippen molar-refractivity contribution in [1.82, 2.24) is 14.4 Å². The number of imidazole rings is 1. The highest BCUT2D eigenvalue weighted by molar-refractivity contribution is 5.85. The molecule has 2 heterocycles. The Balaban J connectivity index is 2.24. The highest BCUT2D eigenvalue weighted by Gasteiger charge is 2.31. The summed E-state index contributed by atoms with van der Waals surface area (Å²) in [6, 6.07) is 3.42. The summed E-state index contributed by atoms with van der Waals surface area (Å²) in [6.45, 7) is 4.14. The van der Waals surface area contributed by atoms with Crippen LogP contribution in [0.3, 0.4) is 0 Å². The fraction of sp³-hybridized carbons (Fsp3) is 0.250. The van der Waals surface area contributed by atoms with Gasteiger partial charge in [-0.1, -0.05) is 6.58 Å². The highest BCUT2D eigenvalue weighted by atomic mass is 19.4. The summed E-state index contributed by atoms with van der Waals surface area (Å²) in [5.41, 5.74) is 1.10. The summed E-state index contributed by atoms with van der Waals surface area (Å²) in [5, 5.41) is 11.9. The van der Waals surface area contributed by atoms with E-state index in [1.165, 1.54) is 6.07 Å². The lowest BCUT2D eigenvalue weighted by molar-refractivity contribution is -0.137. The number of alkyl halides is 3. The van der Waals surface area contributed by atoms with Crippen molar-refractivity contribution in [1.29, 1.82) is 0 Å². The lowest BCUT2D eigenvalue weighted by atomic mass is 10.2. The second-order valence-electron chi connectivity index (χ2n) is 5.21. The molecule has 0 aliphatic heterocycles. The van der Waals surface area contributed by atoms with E-state index in [4.69, 9.17) is 5.11 Å². The first-order valence-corrected chi connectivity index (χ1v) is 7.31. The molecule has 0 unspecified atom stereocenters. The first-order chi connectivity index (χ1) is 11.5. The summed E-state index contributed by atoms with van der Waals surface area (Å²) < 4.78 is 40.6. The Bertz CT molecular complexity index is 902. The van der Waals surface area contributed by atoms with E-state index in [-0.39, 0.29) is 12.1 Å². The van der Waals surface area contributed by atoms with Gasteiger partial charge in [0.15, 0.2) is 11.5 Å². The summed E-state index contributed by atoms with van der Waals surface area (Å²) in [4.78, 5) is 8.56. The van der Waals surface area contributed by atoms with Crippen molar-refractivity contribution in [2.24, 2.45) is 0 Å². The molecule has 3 rings (SSSR count). The van der Waals surface area contributed by atoms with Gasteiger partial charge in [0.25, 0.3) is 0 Å². The average molecular weight is 336 g/mol. The fourth-order valence-corrected chi connectivity index (χ4v) is 2.48. The number of anilines is 1. The topological polar surface area (TPSA) is 62.5 Å². The molecule has 24 heavy (non-hydrogen) atoms. The minimum atomic E-state index is -4.44. The number of rotatable bonds is 5. The second kappa shape index (κ2) is 6.12. The van der Waals surface area contributed by atoms with Crippen LogP contribution in [0.4, 0.5) is 19.0 Å². The van der Waals surface area contributed by atoms with Gasteiger partial charge < -0.3 is 10.4 Å². The smallest absolute Gasteiger partial charge is 0.396 e. The molecule has 0 bridgehead atoms. The van der Waals surface area contributed by atoms with E-state index in [0.29, 0.717) is 35.6 Å². The number of nitrogens with one attached hydrogen (secondary N) is 1. The van der Waals surface area contributed by atoms with Crippen LogP contribution in [0.2, 0.25) is 0 Å². The van der Waals surface area contributed by atoms with Crippen LogP contribution in [0.1, 0.15) is 17.7 Å². The Kier molecular flexibility index (Phi) is 4.15. The maximum atomic E-state index is 13.0. The number of halogens is 3. The molecule has 0 fully saturated rings. The SMILES string of the molecule is C=Cc1cnc2c(NCCCO)nc3cc(C(F)(F)F)ccc3n12. The lowest BCUT2D eigenvalue weighted by Gasteiger charge is -2.12. The minimum Gasteiger partial charge on any atom is -0.396 e. The second-order valence-corrected chi connectivity index (χ2v) is 5.21. The van der Waals surface area contributed by atoms with Crippen LogP contribution in [0.5, 0.6) is 0 Å². The number of hydrogen-bond acceptors (Lipinski definition) is 4. The first kappa shape index (κ1) is 16.3. The van der Waals surface area contributed by atoms with Gasteiger partial charge in [0, 0.05) is 13.2 Å². The van der Waals surface area contributed by atoms with Crippen LogP contribution in [0, 0.1) is 0 Å². The molecule has 0 amide bonds. The molecule has 8 heteroatoms. The quantitative estimate of drug-likeness (QED) is 0.702. The Morgan fingerprint density at radius 3 is 2.79 bits per heavy atom. The molecule has 0 aliphatic carbocycles. The minimum absolute atomic E-state index is 0.00143. The lowest BCUT2D eigenvalue weighted by Crippen LogP contribution is -2.09. The largest absolute Gasteiger partial charge is 0.416 e. The summed E-state index contributed by atoms with van der Waals surface area (Å²) in [6.07, 6.45) is -0.790. The van der Waals surface area contributed by atoms with Gasteiger partial charge in [0.1, 0.15) is 0 Å². The van der Waals surface area contributed by atoms with Crippen molar-refractivity contribution in [2.75, 3.05) is 18.5 Å². The van der Waals surface area contributed by atoms with E-state index in [9.17, 15) is 13.2 Å². The van der Waals surface area contributed by atoms with Crippen LogP contribution in [-0.4, -0.2) is 32.6 Å². The highest BCUT2D eigenvalue weighted by Crippen LogP contribution is 2.32. The average Bonchev–Trinajstić information content (AvgIpc) is 2.98. The van der Waals surface area contributed by atoms with Gasteiger partial charge >= 0.3 is 6.18 Å². The van der Waals surface area contributed by atoms with Crippen molar-refractivity contribution in [3.63, 3.8) is 0 Å². The fourth-order valence-electron chi connectivity index (χ4n) is 2.48. The molecule has 5 nitrogen and oxygen atoms in total. The van der Waals surface area contributed by atoms with Crippen molar-refractivity contribution in [3.05, 3.63) is 42.2 Å². The Labute approximate surface area is 135 Å². The van der Waals surface area contributed by atoms with Gasteiger partial charge in [-0.25, -0.2) is 9.97 Å². The Morgan fingerprint density at radius 1 is 1.33 bits per heavy atom.